The number of anilines is 1. The van der Waals surface area contributed by atoms with Crippen molar-refractivity contribution in [1.82, 2.24) is 15.1 Å². The number of nitrogens with zero attached hydrogens (tertiary/aromatic N) is 3. The van der Waals surface area contributed by atoms with Crippen LogP contribution < -0.4 is 5.32 Å². The van der Waals surface area contributed by atoms with Crippen LogP contribution in [0.3, 0.4) is 0 Å². The van der Waals surface area contributed by atoms with Crippen LogP contribution >= 0.6 is 0 Å². The van der Waals surface area contributed by atoms with Gasteiger partial charge in [-0.05, 0) is 12.1 Å². The van der Waals surface area contributed by atoms with E-state index in [1.54, 1.807) is 6.07 Å². The molecule has 2 atom stereocenters. The van der Waals surface area contributed by atoms with E-state index in [1.165, 1.54) is 12.3 Å². The fraction of sp³-hybridized carbons (Fsp3) is 0.400. The third-order valence-electron chi connectivity index (χ3n) is 2.62. The third-order valence-corrected chi connectivity index (χ3v) is 2.62. The van der Waals surface area contributed by atoms with Crippen LogP contribution in [0.25, 0.3) is 0 Å². The van der Waals surface area contributed by atoms with Gasteiger partial charge in [-0.2, -0.15) is 5.10 Å². The molecule has 1 fully saturated rings. The molecule has 8 heteroatoms. The van der Waals surface area contributed by atoms with Crippen molar-refractivity contribution in [3.05, 3.63) is 18.3 Å². The van der Waals surface area contributed by atoms with Gasteiger partial charge in [-0.25, -0.2) is 9.18 Å². The van der Waals surface area contributed by atoms with Gasteiger partial charge in [-0.3, -0.25) is 9.69 Å². The largest absolute Gasteiger partial charge is 0.465 e. The fourth-order valence-electron chi connectivity index (χ4n) is 1.82. The maximum absolute atomic E-state index is 13.2. The Morgan fingerprint density at radius 1 is 1.56 bits per heavy atom. The number of aromatic nitrogens is 2. The summed E-state index contributed by atoms with van der Waals surface area (Å²) in [5, 5.41) is 18.5. The standard InChI is InChI=1S/C10H11FN4O3/c11-6-4-7(15(5-6)10(17)18)9(16)13-8-2-1-3-12-14-8/h1-3,6-7H,4-5H2,(H,17,18)(H,13,14,16). The topological polar surface area (TPSA) is 95.4 Å². The number of nitrogens with one attached hydrogen (secondary N) is 1. The molecule has 0 aromatic carbocycles. The quantitative estimate of drug-likeness (QED) is 0.801. The summed E-state index contributed by atoms with van der Waals surface area (Å²) in [4.78, 5) is 23.5. The molecule has 0 saturated carbocycles. The summed E-state index contributed by atoms with van der Waals surface area (Å²) in [6.45, 7) is -0.284. The molecule has 1 aromatic rings. The summed E-state index contributed by atoms with van der Waals surface area (Å²) in [6, 6.07) is 2.06. The molecule has 0 radical (unpaired) electrons. The van der Waals surface area contributed by atoms with Gasteiger partial charge in [0.05, 0.1) is 6.54 Å². The van der Waals surface area contributed by atoms with E-state index in [2.05, 4.69) is 15.5 Å². The highest BCUT2D eigenvalue weighted by Crippen LogP contribution is 2.21. The SMILES string of the molecule is O=C(Nc1cccnn1)C1CC(F)CN1C(=O)O. The van der Waals surface area contributed by atoms with E-state index in [4.69, 9.17) is 5.11 Å². The molecule has 0 aliphatic carbocycles. The molecule has 2 heterocycles. The van der Waals surface area contributed by atoms with Crippen molar-refractivity contribution in [3.8, 4) is 0 Å². The lowest BCUT2D eigenvalue weighted by molar-refractivity contribution is -0.120. The number of rotatable bonds is 2. The molecular formula is C10H11FN4O3. The van der Waals surface area contributed by atoms with E-state index in [1.807, 2.05) is 0 Å². The molecular weight excluding hydrogens is 243 g/mol. The van der Waals surface area contributed by atoms with Gasteiger partial charge in [0, 0.05) is 12.6 Å². The minimum atomic E-state index is -1.32. The lowest BCUT2D eigenvalue weighted by Gasteiger charge is -2.19. The van der Waals surface area contributed by atoms with Gasteiger partial charge < -0.3 is 10.4 Å². The zero-order chi connectivity index (χ0) is 13.1. The zero-order valence-corrected chi connectivity index (χ0v) is 9.28. The van der Waals surface area contributed by atoms with Crippen LogP contribution in [0.15, 0.2) is 18.3 Å². The van der Waals surface area contributed by atoms with Crippen LogP contribution in [0.1, 0.15) is 6.42 Å². The Morgan fingerprint density at radius 2 is 2.33 bits per heavy atom. The molecule has 2 unspecified atom stereocenters. The molecule has 1 aromatic heterocycles. The molecule has 2 rings (SSSR count). The molecule has 0 bridgehead atoms. The summed E-state index contributed by atoms with van der Waals surface area (Å²) >= 11 is 0. The predicted octanol–water partition coefficient (Wildman–Crippen LogP) is 0.506. The molecule has 1 saturated heterocycles. The van der Waals surface area contributed by atoms with Crippen LogP contribution in [-0.2, 0) is 4.79 Å². The highest BCUT2D eigenvalue weighted by molar-refractivity contribution is 5.96. The molecule has 2 N–H and O–H groups in total. The van der Waals surface area contributed by atoms with Gasteiger partial charge in [-0.1, -0.05) is 0 Å². The third kappa shape index (κ3) is 2.53. The molecule has 2 amide bonds. The number of alkyl halides is 1. The Labute approximate surface area is 102 Å². The molecule has 96 valence electrons. The Hall–Kier alpha value is -2.25. The Kier molecular flexibility index (Phi) is 3.35. The van der Waals surface area contributed by atoms with Crippen molar-refractivity contribution in [3.63, 3.8) is 0 Å². The molecule has 7 nitrogen and oxygen atoms in total. The zero-order valence-electron chi connectivity index (χ0n) is 9.28. The summed E-state index contributed by atoms with van der Waals surface area (Å²) in [5.74, 6) is -0.395. The second-order valence-corrected chi connectivity index (χ2v) is 3.88. The Balaban J connectivity index is 2.06. The van der Waals surface area contributed by atoms with E-state index < -0.39 is 24.2 Å². The van der Waals surface area contributed by atoms with Crippen molar-refractivity contribution in [2.45, 2.75) is 18.6 Å². The monoisotopic (exact) mass is 254 g/mol. The summed E-state index contributed by atoms with van der Waals surface area (Å²) in [6.07, 6.45) is -1.33. The Morgan fingerprint density at radius 3 is 2.94 bits per heavy atom. The van der Waals surface area contributed by atoms with Crippen molar-refractivity contribution < 1.29 is 19.1 Å². The predicted molar refractivity (Wildman–Crippen MR) is 58.7 cm³/mol. The number of carboxylic acid groups (broad SMARTS) is 1. The molecule has 18 heavy (non-hydrogen) atoms. The lowest BCUT2D eigenvalue weighted by Crippen LogP contribution is -2.42. The first kappa shape index (κ1) is 12.2. The van der Waals surface area contributed by atoms with Crippen LogP contribution in [-0.4, -0.2) is 51.0 Å². The van der Waals surface area contributed by atoms with E-state index in [0.717, 1.165) is 4.90 Å². The van der Waals surface area contributed by atoms with Crippen molar-refractivity contribution in [2.24, 2.45) is 0 Å². The number of amides is 2. The fourth-order valence-corrected chi connectivity index (χ4v) is 1.82. The summed E-state index contributed by atoms with van der Waals surface area (Å²) in [5.41, 5.74) is 0. The van der Waals surface area contributed by atoms with Gasteiger partial charge in [0.15, 0.2) is 5.82 Å². The van der Waals surface area contributed by atoms with Crippen molar-refractivity contribution >= 4 is 17.8 Å². The van der Waals surface area contributed by atoms with Crippen molar-refractivity contribution in [2.75, 3.05) is 11.9 Å². The van der Waals surface area contributed by atoms with E-state index in [-0.39, 0.29) is 18.8 Å². The average Bonchev–Trinajstić information content (AvgIpc) is 2.73. The summed E-state index contributed by atoms with van der Waals surface area (Å²) < 4.78 is 13.2. The number of carbonyl (C=O) groups is 2. The highest BCUT2D eigenvalue weighted by Gasteiger charge is 2.40. The van der Waals surface area contributed by atoms with E-state index >= 15 is 0 Å². The minimum absolute atomic E-state index is 0.140. The molecule has 1 aliphatic rings. The van der Waals surface area contributed by atoms with E-state index in [0.29, 0.717) is 0 Å². The summed E-state index contributed by atoms with van der Waals surface area (Å²) in [7, 11) is 0. The van der Waals surface area contributed by atoms with Gasteiger partial charge >= 0.3 is 6.09 Å². The maximum Gasteiger partial charge on any atom is 0.408 e. The van der Waals surface area contributed by atoms with Crippen molar-refractivity contribution in [1.29, 1.82) is 0 Å². The van der Waals surface area contributed by atoms with Gasteiger partial charge in [0.2, 0.25) is 5.91 Å². The second-order valence-electron chi connectivity index (χ2n) is 3.88. The van der Waals surface area contributed by atoms with Gasteiger partial charge in [0.25, 0.3) is 0 Å². The Bertz CT molecular complexity index is 456. The number of halogens is 1. The number of likely N-dealkylation sites (tertiary alicyclic amines) is 1. The maximum atomic E-state index is 13.2. The number of hydrogen-bond donors (Lipinski definition) is 2. The normalized spacial score (nSPS) is 22.8. The minimum Gasteiger partial charge on any atom is -0.465 e. The van der Waals surface area contributed by atoms with Gasteiger partial charge in [-0.15, -0.1) is 5.10 Å². The number of carbonyl (C=O) groups excluding carboxylic acids is 1. The second kappa shape index (κ2) is 4.94. The average molecular weight is 254 g/mol. The first-order valence-electron chi connectivity index (χ1n) is 5.30. The highest BCUT2D eigenvalue weighted by atomic mass is 19.1. The van der Waals surface area contributed by atoms with Crippen LogP contribution in [0.2, 0.25) is 0 Å². The van der Waals surface area contributed by atoms with Crippen LogP contribution in [0.4, 0.5) is 15.0 Å². The van der Waals surface area contributed by atoms with Crippen LogP contribution in [0, 0.1) is 0 Å². The smallest absolute Gasteiger partial charge is 0.408 e. The first-order chi connectivity index (χ1) is 8.58. The number of hydrogen-bond acceptors (Lipinski definition) is 4. The van der Waals surface area contributed by atoms with Gasteiger partial charge in [0.1, 0.15) is 12.2 Å². The molecule has 0 spiro atoms. The van der Waals surface area contributed by atoms with Crippen LogP contribution in [0.5, 0.6) is 0 Å². The first-order valence-corrected chi connectivity index (χ1v) is 5.30. The van der Waals surface area contributed by atoms with E-state index in [9.17, 15) is 14.0 Å². The lowest BCUT2D eigenvalue weighted by atomic mass is 10.2. The molecule has 1 aliphatic heterocycles.